The fraction of sp³-hybridized carbons (Fsp3) is 0.222. The molecule has 0 saturated heterocycles. The van der Waals surface area contributed by atoms with Crippen LogP contribution in [-0.4, -0.2) is 9.55 Å². The minimum atomic E-state index is -4.41. The maximum absolute atomic E-state index is 12.4. The molecular formula is C9H5ClF3N2. The summed E-state index contributed by atoms with van der Waals surface area (Å²) in [6, 6.07) is 1.84. The van der Waals surface area contributed by atoms with Crippen LogP contribution in [0, 0.1) is 6.33 Å². The van der Waals surface area contributed by atoms with Gasteiger partial charge in [-0.2, -0.15) is 13.2 Å². The normalized spacial score (nSPS) is 12.3. The van der Waals surface area contributed by atoms with Crippen molar-refractivity contribution in [3.63, 3.8) is 0 Å². The summed E-state index contributed by atoms with van der Waals surface area (Å²) in [6.07, 6.45) is -1.90. The summed E-state index contributed by atoms with van der Waals surface area (Å²) in [5.41, 5.74) is -0.158. The highest BCUT2D eigenvalue weighted by atomic mass is 35.5. The molecule has 0 fully saturated rings. The van der Waals surface area contributed by atoms with Crippen LogP contribution < -0.4 is 0 Å². The number of hydrogen-bond donors (Lipinski definition) is 0. The van der Waals surface area contributed by atoms with Crippen molar-refractivity contribution >= 4 is 22.6 Å². The fourth-order valence-electron chi connectivity index (χ4n) is 1.34. The van der Waals surface area contributed by atoms with Gasteiger partial charge in [0.2, 0.25) is 0 Å². The number of benzene rings is 1. The lowest BCUT2D eigenvalue weighted by Crippen LogP contribution is -2.04. The van der Waals surface area contributed by atoms with E-state index in [4.69, 9.17) is 11.6 Å². The van der Waals surface area contributed by atoms with Gasteiger partial charge in [-0.25, -0.2) is 4.98 Å². The van der Waals surface area contributed by atoms with Crippen molar-refractivity contribution in [2.24, 2.45) is 7.05 Å². The second-order valence-electron chi connectivity index (χ2n) is 3.09. The smallest absolute Gasteiger partial charge is 0.323 e. The van der Waals surface area contributed by atoms with Gasteiger partial charge in [0.05, 0.1) is 21.6 Å². The summed E-state index contributed by atoms with van der Waals surface area (Å²) in [4.78, 5) is 3.71. The summed E-state index contributed by atoms with van der Waals surface area (Å²) in [6.45, 7) is 0. The molecule has 79 valence electrons. The lowest BCUT2D eigenvalue weighted by molar-refractivity contribution is -0.137. The molecule has 2 nitrogen and oxygen atoms in total. The lowest BCUT2D eigenvalue weighted by atomic mass is 10.2. The number of alkyl halides is 3. The van der Waals surface area contributed by atoms with Gasteiger partial charge in [-0.15, -0.1) is 0 Å². The SMILES string of the molecule is Cn1[c]nc2cc(C(F)(F)F)cc(Cl)c21. The third-order valence-electron chi connectivity index (χ3n) is 2.03. The lowest BCUT2D eigenvalue weighted by Gasteiger charge is -2.07. The molecule has 0 bridgehead atoms. The highest BCUT2D eigenvalue weighted by molar-refractivity contribution is 6.35. The maximum Gasteiger partial charge on any atom is 0.416 e. The van der Waals surface area contributed by atoms with Gasteiger partial charge < -0.3 is 4.57 Å². The summed E-state index contributed by atoms with van der Waals surface area (Å²) < 4.78 is 38.7. The average Bonchev–Trinajstić information content (AvgIpc) is 2.46. The predicted molar refractivity (Wildman–Crippen MR) is 49.6 cm³/mol. The van der Waals surface area contributed by atoms with E-state index in [9.17, 15) is 13.2 Å². The van der Waals surface area contributed by atoms with Crippen LogP contribution in [-0.2, 0) is 13.2 Å². The molecule has 1 aromatic carbocycles. The average molecular weight is 234 g/mol. The molecule has 0 N–H and O–H groups in total. The van der Waals surface area contributed by atoms with Crippen molar-refractivity contribution in [2.75, 3.05) is 0 Å². The summed E-state index contributed by atoms with van der Waals surface area (Å²) >= 11 is 5.73. The number of fused-ring (bicyclic) bond motifs is 1. The summed E-state index contributed by atoms with van der Waals surface area (Å²) in [7, 11) is 1.62. The fourth-order valence-corrected chi connectivity index (χ4v) is 1.69. The Morgan fingerprint density at radius 3 is 2.67 bits per heavy atom. The van der Waals surface area contributed by atoms with Crippen molar-refractivity contribution in [1.82, 2.24) is 9.55 Å². The van der Waals surface area contributed by atoms with Crippen molar-refractivity contribution in [3.8, 4) is 0 Å². The van der Waals surface area contributed by atoms with E-state index in [-0.39, 0.29) is 10.5 Å². The largest absolute Gasteiger partial charge is 0.416 e. The quantitative estimate of drug-likeness (QED) is 0.684. The standard InChI is InChI=1S/C9H5ClF3N2/c1-15-4-14-7-3-5(9(11,12)13)2-6(10)8(7)15/h2-3H,1H3. The van der Waals surface area contributed by atoms with Crippen molar-refractivity contribution in [1.29, 1.82) is 0 Å². The molecule has 0 unspecified atom stereocenters. The number of nitrogens with zero attached hydrogens (tertiary/aromatic N) is 2. The van der Waals surface area contributed by atoms with Gasteiger partial charge in [-0.3, -0.25) is 0 Å². The highest BCUT2D eigenvalue weighted by Crippen LogP contribution is 2.34. The van der Waals surface area contributed by atoms with Gasteiger partial charge in [-0.05, 0) is 12.1 Å². The summed E-state index contributed by atoms with van der Waals surface area (Å²) in [5.74, 6) is 0. The molecule has 0 saturated carbocycles. The maximum atomic E-state index is 12.4. The number of aromatic nitrogens is 2. The number of rotatable bonds is 0. The number of halogens is 4. The van der Waals surface area contributed by atoms with Crippen LogP contribution in [0.4, 0.5) is 13.2 Å². The first kappa shape index (κ1) is 10.3. The molecule has 15 heavy (non-hydrogen) atoms. The van der Waals surface area contributed by atoms with Crippen LogP contribution in [0.3, 0.4) is 0 Å². The Kier molecular flexibility index (Phi) is 2.15. The molecule has 1 heterocycles. The second-order valence-corrected chi connectivity index (χ2v) is 3.50. The van der Waals surface area contributed by atoms with E-state index in [0.29, 0.717) is 5.52 Å². The van der Waals surface area contributed by atoms with Crippen molar-refractivity contribution in [2.45, 2.75) is 6.18 Å². The van der Waals surface area contributed by atoms with E-state index < -0.39 is 11.7 Å². The molecule has 6 heteroatoms. The number of hydrogen-bond acceptors (Lipinski definition) is 1. The van der Waals surface area contributed by atoms with Gasteiger partial charge in [0.25, 0.3) is 0 Å². The van der Waals surface area contributed by atoms with E-state index in [0.717, 1.165) is 12.1 Å². The first-order valence-corrected chi connectivity index (χ1v) is 4.38. The molecule has 1 radical (unpaired) electrons. The van der Waals surface area contributed by atoms with Crippen LogP contribution in [0.25, 0.3) is 11.0 Å². The number of aryl methyl sites for hydroxylation is 1. The van der Waals surface area contributed by atoms with Crippen LogP contribution in [0.1, 0.15) is 5.56 Å². The predicted octanol–water partition coefficient (Wildman–Crippen LogP) is 3.05. The molecule has 0 aliphatic rings. The van der Waals surface area contributed by atoms with Crippen LogP contribution in [0.2, 0.25) is 5.02 Å². The minimum Gasteiger partial charge on any atom is -0.323 e. The van der Waals surface area contributed by atoms with E-state index in [1.54, 1.807) is 7.05 Å². The van der Waals surface area contributed by atoms with Crippen LogP contribution in [0.5, 0.6) is 0 Å². The number of imidazole rings is 1. The zero-order valence-electron chi connectivity index (χ0n) is 7.56. The Balaban J connectivity index is 2.74. The van der Waals surface area contributed by atoms with Crippen LogP contribution >= 0.6 is 11.6 Å². The first-order valence-electron chi connectivity index (χ1n) is 4.00. The first-order chi connectivity index (χ1) is 6.89. The van der Waals surface area contributed by atoms with E-state index in [1.165, 1.54) is 4.57 Å². The van der Waals surface area contributed by atoms with Gasteiger partial charge in [0.15, 0.2) is 6.33 Å². The zero-order valence-corrected chi connectivity index (χ0v) is 8.32. The van der Waals surface area contributed by atoms with Gasteiger partial charge in [0.1, 0.15) is 0 Å². The molecule has 0 spiro atoms. The second kappa shape index (κ2) is 3.13. The third kappa shape index (κ3) is 1.67. The van der Waals surface area contributed by atoms with Gasteiger partial charge in [-0.1, -0.05) is 11.6 Å². The molecule has 0 amide bonds. The monoisotopic (exact) mass is 233 g/mol. The Hall–Kier alpha value is -1.23. The summed E-state index contributed by atoms with van der Waals surface area (Å²) in [5, 5.41) is 0.0241. The zero-order chi connectivity index (χ0) is 11.2. The van der Waals surface area contributed by atoms with Crippen molar-refractivity contribution < 1.29 is 13.2 Å². The van der Waals surface area contributed by atoms with E-state index in [1.807, 2.05) is 0 Å². The molecule has 0 aliphatic carbocycles. The van der Waals surface area contributed by atoms with Gasteiger partial charge >= 0.3 is 6.18 Å². The molecule has 1 aromatic heterocycles. The molecule has 2 aromatic rings. The molecule has 2 rings (SSSR count). The minimum absolute atomic E-state index is 0.0241. The Bertz CT molecular complexity index is 516. The van der Waals surface area contributed by atoms with Crippen LogP contribution in [0.15, 0.2) is 12.1 Å². The topological polar surface area (TPSA) is 17.8 Å². The Morgan fingerprint density at radius 2 is 2.07 bits per heavy atom. The molecule has 0 aliphatic heterocycles. The van der Waals surface area contributed by atoms with E-state index >= 15 is 0 Å². The van der Waals surface area contributed by atoms with Crippen molar-refractivity contribution in [3.05, 3.63) is 29.0 Å². The molecule has 0 atom stereocenters. The Morgan fingerprint density at radius 1 is 1.40 bits per heavy atom. The van der Waals surface area contributed by atoms with Gasteiger partial charge in [0, 0.05) is 7.05 Å². The third-order valence-corrected chi connectivity index (χ3v) is 2.31. The van der Waals surface area contributed by atoms with E-state index in [2.05, 4.69) is 11.3 Å². The molecular weight excluding hydrogens is 229 g/mol. The highest BCUT2D eigenvalue weighted by Gasteiger charge is 2.31. The Labute approximate surface area is 88.3 Å².